The molecule has 1 N–H and O–H groups in total. The minimum absolute atomic E-state index is 0.0745. The number of carbonyl (C=O) groups is 1. The zero-order valence-corrected chi connectivity index (χ0v) is 21.8. The smallest absolute Gasteiger partial charge is 0.272 e. The van der Waals surface area contributed by atoms with E-state index in [1.54, 1.807) is 12.1 Å². The van der Waals surface area contributed by atoms with Gasteiger partial charge in [0.05, 0.1) is 12.1 Å². The molecule has 192 valence electrons. The van der Waals surface area contributed by atoms with Crippen molar-refractivity contribution in [3.8, 4) is 0 Å². The normalized spacial score (nSPS) is 15.1. The number of nitrogens with zero attached hydrogens (tertiary/aromatic N) is 2. The van der Waals surface area contributed by atoms with E-state index in [1.807, 2.05) is 43.3 Å². The fourth-order valence-electron chi connectivity index (χ4n) is 5.48. The fraction of sp³-hybridized carbons (Fsp3) is 0.484. The van der Waals surface area contributed by atoms with Crippen molar-refractivity contribution in [2.24, 2.45) is 0 Å². The van der Waals surface area contributed by atoms with Gasteiger partial charge in [-0.15, -0.1) is 0 Å². The number of carbonyl (C=O) groups excluding carboxylic acids is 1. The molecule has 0 aliphatic heterocycles. The van der Waals surface area contributed by atoms with Gasteiger partial charge in [0.15, 0.2) is 5.69 Å². The number of nitrogens with one attached hydrogen (secondary N) is 1. The quantitative estimate of drug-likeness (QED) is 0.281. The molecule has 4 nitrogen and oxygen atoms in total. The Labute approximate surface area is 215 Å². The van der Waals surface area contributed by atoms with E-state index in [9.17, 15) is 9.18 Å². The summed E-state index contributed by atoms with van der Waals surface area (Å²) in [6, 6.07) is 17.3. The largest absolute Gasteiger partial charge is 0.344 e. The van der Waals surface area contributed by atoms with E-state index >= 15 is 0 Å². The molecule has 1 aliphatic carbocycles. The van der Waals surface area contributed by atoms with Crippen molar-refractivity contribution in [3.63, 3.8) is 0 Å². The van der Waals surface area contributed by atoms with Gasteiger partial charge in [-0.1, -0.05) is 74.6 Å². The van der Waals surface area contributed by atoms with Crippen LogP contribution in [0.25, 0.3) is 0 Å². The molecule has 0 radical (unpaired) electrons. The van der Waals surface area contributed by atoms with E-state index < -0.39 is 0 Å². The second-order valence-corrected chi connectivity index (χ2v) is 10.3. The molecule has 1 aliphatic rings. The van der Waals surface area contributed by atoms with Crippen LogP contribution >= 0.6 is 0 Å². The summed E-state index contributed by atoms with van der Waals surface area (Å²) in [4.78, 5) is 13.4. The average molecular weight is 490 g/mol. The number of rotatable bonds is 11. The van der Waals surface area contributed by atoms with Crippen LogP contribution in [0.5, 0.6) is 0 Å². The third-order valence-corrected chi connectivity index (χ3v) is 7.59. The summed E-state index contributed by atoms with van der Waals surface area (Å²) in [5.41, 5.74) is 5.00. The van der Waals surface area contributed by atoms with Gasteiger partial charge in [-0.05, 0) is 75.6 Å². The van der Waals surface area contributed by atoms with Crippen LogP contribution in [-0.2, 0) is 12.8 Å². The van der Waals surface area contributed by atoms with Crippen molar-refractivity contribution in [3.05, 3.63) is 88.5 Å². The molecule has 1 saturated carbocycles. The molecule has 0 spiro atoms. The minimum atomic E-state index is -0.162. The predicted molar refractivity (Wildman–Crippen MR) is 144 cm³/mol. The summed E-state index contributed by atoms with van der Waals surface area (Å²) in [7, 11) is 0. The lowest BCUT2D eigenvalue weighted by Gasteiger charge is -2.23. The van der Waals surface area contributed by atoms with Crippen molar-refractivity contribution in [1.29, 1.82) is 0 Å². The Hall–Kier alpha value is -2.95. The summed E-state index contributed by atoms with van der Waals surface area (Å²) in [5.74, 6) is -0.240. The van der Waals surface area contributed by atoms with Gasteiger partial charge in [0.25, 0.3) is 5.91 Å². The molecule has 0 bridgehead atoms. The van der Waals surface area contributed by atoms with Crippen LogP contribution in [0.2, 0.25) is 0 Å². The standard InChI is InChI=1S/C31H40FN3O/c1-23(26-16-8-5-9-17-26)33-31(36)30-29(24(2)35(34-30)28-19-10-6-11-20-28)21-12-4-3-7-14-25-15-13-18-27(32)22-25/h5,8-9,13,15-18,22-23,28H,3-4,6-7,10-12,14,19-21H2,1-2H3,(H,33,36)/t23-/m1/s1. The number of aryl methyl sites for hydroxylation is 1. The Bertz CT molecular complexity index is 1120. The summed E-state index contributed by atoms with van der Waals surface area (Å²) in [5, 5.41) is 8.10. The summed E-state index contributed by atoms with van der Waals surface area (Å²) >= 11 is 0. The topological polar surface area (TPSA) is 46.9 Å². The van der Waals surface area contributed by atoms with Gasteiger partial charge in [0.1, 0.15) is 5.82 Å². The van der Waals surface area contributed by atoms with Gasteiger partial charge in [-0.3, -0.25) is 9.48 Å². The van der Waals surface area contributed by atoms with Crippen molar-refractivity contribution in [2.75, 3.05) is 0 Å². The van der Waals surface area contributed by atoms with E-state index in [4.69, 9.17) is 5.10 Å². The molecule has 1 amide bonds. The van der Waals surface area contributed by atoms with Gasteiger partial charge in [-0.25, -0.2) is 4.39 Å². The number of unbranched alkanes of at least 4 members (excludes halogenated alkanes) is 3. The van der Waals surface area contributed by atoms with Crippen LogP contribution in [0.3, 0.4) is 0 Å². The Morgan fingerprint density at radius 1 is 1.00 bits per heavy atom. The predicted octanol–water partition coefficient (Wildman–Crippen LogP) is 7.67. The van der Waals surface area contributed by atoms with E-state index in [1.165, 1.54) is 25.3 Å². The molecule has 1 atom stereocenters. The molecular weight excluding hydrogens is 449 g/mol. The lowest BCUT2D eigenvalue weighted by molar-refractivity contribution is 0.0932. The number of hydrogen-bond acceptors (Lipinski definition) is 2. The van der Waals surface area contributed by atoms with E-state index in [0.717, 1.165) is 73.8 Å². The fourth-order valence-corrected chi connectivity index (χ4v) is 5.48. The Kier molecular flexibility index (Phi) is 9.32. The lowest BCUT2D eigenvalue weighted by Crippen LogP contribution is -2.28. The first-order valence-corrected chi connectivity index (χ1v) is 13.7. The molecule has 1 aromatic heterocycles. The van der Waals surface area contributed by atoms with Crippen LogP contribution in [0, 0.1) is 12.7 Å². The summed E-state index contributed by atoms with van der Waals surface area (Å²) < 4.78 is 15.6. The zero-order chi connectivity index (χ0) is 25.3. The first-order valence-electron chi connectivity index (χ1n) is 13.7. The van der Waals surface area contributed by atoms with Gasteiger partial charge >= 0.3 is 0 Å². The number of amides is 1. The van der Waals surface area contributed by atoms with E-state index in [-0.39, 0.29) is 17.8 Å². The Morgan fingerprint density at radius 3 is 2.44 bits per heavy atom. The van der Waals surface area contributed by atoms with Gasteiger partial charge in [0, 0.05) is 11.3 Å². The molecule has 0 saturated heterocycles. The maximum Gasteiger partial charge on any atom is 0.272 e. The number of halogens is 1. The molecule has 4 rings (SSSR count). The van der Waals surface area contributed by atoms with E-state index in [2.05, 4.69) is 16.9 Å². The van der Waals surface area contributed by atoms with Crippen LogP contribution in [0.15, 0.2) is 54.6 Å². The molecule has 1 heterocycles. The summed E-state index contributed by atoms with van der Waals surface area (Å²) in [6.45, 7) is 4.16. The van der Waals surface area contributed by atoms with E-state index in [0.29, 0.717) is 11.7 Å². The van der Waals surface area contributed by atoms with Crippen molar-refractivity contribution >= 4 is 5.91 Å². The Morgan fingerprint density at radius 2 is 1.72 bits per heavy atom. The van der Waals surface area contributed by atoms with Gasteiger partial charge < -0.3 is 5.32 Å². The highest BCUT2D eigenvalue weighted by Gasteiger charge is 2.26. The second-order valence-electron chi connectivity index (χ2n) is 10.3. The molecule has 0 unspecified atom stereocenters. The maximum absolute atomic E-state index is 13.4. The molecule has 5 heteroatoms. The number of benzene rings is 2. The van der Waals surface area contributed by atoms with Gasteiger partial charge in [-0.2, -0.15) is 5.10 Å². The number of aromatic nitrogens is 2. The van der Waals surface area contributed by atoms with Crippen LogP contribution in [0.1, 0.15) is 110 Å². The van der Waals surface area contributed by atoms with Gasteiger partial charge in [0.2, 0.25) is 0 Å². The van der Waals surface area contributed by atoms with Crippen LogP contribution < -0.4 is 5.32 Å². The van der Waals surface area contributed by atoms with Crippen LogP contribution in [-0.4, -0.2) is 15.7 Å². The molecule has 3 aromatic rings. The van der Waals surface area contributed by atoms with Crippen molar-refractivity contribution in [1.82, 2.24) is 15.1 Å². The third kappa shape index (κ3) is 6.83. The molecule has 2 aromatic carbocycles. The Balaban J connectivity index is 1.40. The first kappa shape index (κ1) is 26.1. The highest BCUT2D eigenvalue weighted by Crippen LogP contribution is 2.31. The zero-order valence-electron chi connectivity index (χ0n) is 21.8. The van der Waals surface area contributed by atoms with Crippen molar-refractivity contribution < 1.29 is 9.18 Å². The molecular formula is C31H40FN3O. The minimum Gasteiger partial charge on any atom is -0.344 e. The monoisotopic (exact) mass is 489 g/mol. The highest BCUT2D eigenvalue weighted by molar-refractivity contribution is 5.94. The van der Waals surface area contributed by atoms with Crippen LogP contribution in [0.4, 0.5) is 4.39 Å². The molecule has 1 fully saturated rings. The highest BCUT2D eigenvalue weighted by atomic mass is 19.1. The average Bonchev–Trinajstić information content (AvgIpc) is 3.23. The van der Waals surface area contributed by atoms with Crippen molar-refractivity contribution in [2.45, 2.75) is 96.6 Å². The number of hydrogen-bond donors (Lipinski definition) is 1. The summed E-state index contributed by atoms with van der Waals surface area (Å²) in [6.07, 6.45) is 12.1. The second kappa shape index (κ2) is 12.8. The lowest BCUT2D eigenvalue weighted by atomic mass is 9.95. The maximum atomic E-state index is 13.4. The SMILES string of the molecule is Cc1c(CCCCCCc2cccc(F)c2)c(C(=O)N[C@H](C)c2ccccc2)nn1C1CCCCC1. The molecule has 36 heavy (non-hydrogen) atoms. The first-order chi connectivity index (χ1) is 17.5. The third-order valence-electron chi connectivity index (χ3n) is 7.59.